The van der Waals surface area contributed by atoms with E-state index in [1.54, 1.807) is 0 Å². The number of aromatic nitrogens is 3. The summed E-state index contributed by atoms with van der Waals surface area (Å²) in [4.78, 5) is 52.9. The molecular formula is C43H48N4O12S2. The number of rotatable bonds is 16. The Bertz CT molecular complexity index is 2090. The van der Waals surface area contributed by atoms with E-state index in [1.807, 2.05) is 66.7 Å². The van der Waals surface area contributed by atoms with Gasteiger partial charge in [0.2, 0.25) is 0 Å². The van der Waals surface area contributed by atoms with Gasteiger partial charge in [-0.2, -0.15) is 5.10 Å². The smallest absolute Gasteiger partial charge is 0.303 e. The lowest BCUT2D eigenvalue weighted by atomic mass is 9.84. The molecule has 18 heteroatoms. The molecule has 0 aliphatic carbocycles. The normalized spacial score (nSPS) is 24.8. The number of thiocarbonyl (C=S) groups is 1. The van der Waals surface area contributed by atoms with E-state index in [9.17, 15) is 24.3 Å². The van der Waals surface area contributed by atoms with Crippen LogP contribution >= 0.6 is 24.0 Å². The number of aliphatic hydroxyl groups excluding tert-OH is 1. The van der Waals surface area contributed by atoms with Gasteiger partial charge in [0.05, 0.1) is 23.8 Å². The third-order valence-corrected chi connectivity index (χ3v) is 11.2. The van der Waals surface area contributed by atoms with Crippen molar-refractivity contribution in [2.75, 3.05) is 12.4 Å². The van der Waals surface area contributed by atoms with Gasteiger partial charge in [-0.05, 0) is 22.3 Å². The first-order chi connectivity index (χ1) is 29.4. The molecule has 0 bridgehead atoms. The molecule has 0 amide bonds. The van der Waals surface area contributed by atoms with Crippen molar-refractivity contribution in [2.45, 2.75) is 107 Å². The van der Waals surface area contributed by atoms with Gasteiger partial charge >= 0.3 is 23.9 Å². The Hall–Kier alpha value is -5.24. The van der Waals surface area contributed by atoms with E-state index in [2.05, 4.69) is 32.6 Å². The van der Waals surface area contributed by atoms with E-state index < -0.39 is 66.8 Å². The molecule has 0 saturated carbocycles. The molecule has 0 radical (unpaired) electrons. The predicted octanol–water partition coefficient (Wildman–Crippen LogP) is 4.96. The van der Waals surface area contributed by atoms with Crippen molar-refractivity contribution in [3.8, 4) is 0 Å². The van der Waals surface area contributed by atoms with Crippen molar-refractivity contribution in [1.82, 2.24) is 20.5 Å². The number of benzene rings is 3. The number of nitrogens with one attached hydrogen (secondary N) is 2. The highest BCUT2D eigenvalue weighted by Gasteiger charge is 2.52. The van der Waals surface area contributed by atoms with Gasteiger partial charge in [-0.25, -0.2) is 4.98 Å². The summed E-state index contributed by atoms with van der Waals surface area (Å²) >= 11 is 7.23. The summed E-state index contributed by atoms with van der Waals surface area (Å²) < 4.78 is 41.6. The van der Waals surface area contributed by atoms with Crippen LogP contribution in [0.2, 0.25) is 0 Å². The Balaban J connectivity index is 1.18. The van der Waals surface area contributed by atoms with E-state index >= 15 is 0 Å². The third kappa shape index (κ3) is 12.4. The maximum atomic E-state index is 12.3. The second kappa shape index (κ2) is 21.5. The van der Waals surface area contributed by atoms with Crippen LogP contribution in [-0.4, -0.2) is 98.1 Å². The second-order valence-corrected chi connectivity index (χ2v) is 16.0. The molecule has 0 spiro atoms. The van der Waals surface area contributed by atoms with Crippen molar-refractivity contribution >= 4 is 52.8 Å². The molecule has 4 aromatic rings. The molecule has 2 aliphatic heterocycles. The number of hydrogen-bond acceptors (Lipinski definition) is 16. The molecule has 61 heavy (non-hydrogen) atoms. The second-order valence-electron chi connectivity index (χ2n) is 14.5. The number of hydrogen-bond donors (Lipinski definition) is 3. The van der Waals surface area contributed by atoms with Crippen molar-refractivity contribution < 1.29 is 57.4 Å². The number of carbonyl (C=O) groups is 4. The largest absolute Gasteiger partial charge is 0.463 e. The van der Waals surface area contributed by atoms with Crippen LogP contribution in [0.15, 0.2) is 90.3 Å². The number of aliphatic hydroxyl groups is 1. The van der Waals surface area contributed by atoms with Crippen LogP contribution in [0, 0.1) is 0 Å². The molecule has 2 saturated heterocycles. The standard InChI is InChI=1S/C43H48N4O12S2/c1-24(49)53-21-34-40(55-26(3)51)41(56-27(4)52)39(54-25(2)50)33(57-34)18-36(60)44-19-28-10-16-32(17-11-28)42-58-35(22-61-43-45-23-46-47-43)37(30-8-6-5-7-9-30)38(59-42)31-14-12-29(20-48)13-15-31/h5-17,23,33-35,37-42,48H,18-22H2,1-4H3,(H,44,60)(H,45,46,47)/t33-,34+,35+,37+,38-,39-,40+,41+,42?/m0/s1. The SMILES string of the molecule is CC(=O)OC[C@H]1O[C@@H](CC(=S)NCc2ccc(C3O[C@H](CSc4ncn[nH]4)[C@@H](c4ccccc4)[C@H](c4ccc(CO)cc4)O3)cc2)[C@H](OC(C)=O)[C@@H](OC(C)=O)[C@@H]1OC(C)=O. The molecule has 3 N–H and O–H groups in total. The quantitative estimate of drug-likeness (QED) is 0.0589. The topological polar surface area (TPSA) is 207 Å². The van der Waals surface area contributed by atoms with E-state index in [0.29, 0.717) is 22.4 Å². The number of ether oxygens (including phenoxy) is 7. The fourth-order valence-corrected chi connectivity index (χ4v) is 8.39. The van der Waals surface area contributed by atoms with Gasteiger partial charge in [-0.15, -0.1) is 0 Å². The Morgan fingerprint density at radius 3 is 1.97 bits per heavy atom. The zero-order chi connectivity index (χ0) is 43.5. The minimum Gasteiger partial charge on any atom is -0.463 e. The number of aromatic amines is 1. The van der Waals surface area contributed by atoms with Crippen molar-refractivity contribution in [2.24, 2.45) is 0 Å². The number of carbonyl (C=O) groups excluding carboxylic acids is 4. The van der Waals surface area contributed by atoms with Gasteiger partial charge < -0.3 is 43.6 Å². The van der Waals surface area contributed by atoms with Crippen LogP contribution in [0.25, 0.3) is 0 Å². The highest BCUT2D eigenvalue weighted by Crippen LogP contribution is 2.48. The van der Waals surface area contributed by atoms with Crippen molar-refractivity contribution in [3.63, 3.8) is 0 Å². The van der Waals surface area contributed by atoms with E-state index in [0.717, 1.165) is 34.7 Å². The Kier molecular flexibility index (Phi) is 16.0. The van der Waals surface area contributed by atoms with Gasteiger partial charge in [-0.3, -0.25) is 24.3 Å². The van der Waals surface area contributed by atoms with Gasteiger partial charge in [0, 0.05) is 57.9 Å². The Morgan fingerprint density at radius 1 is 0.738 bits per heavy atom. The molecule has 3 heterocycles. The van der Waals surface area contributed by atoms with Crippen LogP contribution in [0.1, 0.15) is 80.2 Å². The lowest BCUT2D eigenvalue weighted by Gasteiger charge is -2.44. The van der Waals surface area contributed by atoms with E-state index in [4.69, 9.17) is 45.4 Å². The predicted molar refractivity (Wildman–Crippen MR) is 223 cm³/mol. The minimum absolute atomic E-state index is 0.00691. The summed E-state index contributed by atoms with van der Waals surface area (Å²) in [6, 6.07) is 25.6. The molecule has 6 rings (SSSR count). The summed E-state index contributed by atoms with van der Waals surface area (Å²) in [7, 11) is 0. The Labute approximate surface area is 362 Å². The van der Waals surface area contributed by atoms with E-state index in [1.165, 1.54) is 38.9 Å². The molecular weight excluding hydrogens is 829 g/mol. The minimum atomic E-state index is -1.29. The first-order valence-electron chi connectivity index (χ1n) is 19.6. The molecule has 1 aromatic heterocycles. The fraction of sp³-hybridized carbons (Fsp3) is 0.419. The summed E-state index contributed by atoms with van der Waals surface area (Å²) in [5.74, 6) is -2.36. The molecule has 3 aromatic carbocycles. The molecule has 16 nitrogen and oxygen atoms in total. The van der Waals surface area contributed by atoms with Crippen molar-refractivity contribution in [1.29, 1.82) is 0 Å². The van der Waals surface area contributed by atoms with Crippen molar-refractivity contribution in [3.05, 3.63) is 113 Å². The highest BCUT2D eigenvalue weighted by molar-refractivity contribution is 7.99. The maximum absolute atomic E-state index is 12.3. The van der Waals surface area contributed by atoms with Gasteiger partial charge in [-0.1, -0.05) is 103 Å². The Morgan fingerprint density at radius 2 is 1.36 bits per heavy atom. The molecule has 2 aliphatic rings. The number of nitrogens with zero attached hydrogens (tertiary/aromatic N) is 2. The third-order valence-electron chi connectivity index (χ3n) is 9.96. The molecule has 2 fully saturated rings. The first-order valence-corrected chi connectivity index (χ1v) is 21.0. The van der Waals surface area contributed by atoms with Crippen LogP contribution in [0.3, 0.4) is 0 Å². The molecule has 1 unspecified atom stereocenters. The van der Waals surface area contributed by atoms with Crippen LogP contribution < -0.4 is 5.32 Å². The number of H-pyrrole nitrogens is 1. The molecule has 324 valence electrons. The van der Waals surface area contributed by atoms with Gasteiger partial charge in [0.1, 0.15) is 25.1 Å². The average molecular weight is 877 g/mol. The monoisotopic (exact) mass is 876 g/mol. The zero-order valence-electron chi connectivity index (χ0n) is 34.0. The lowest BCUT2D eigenvalue weighted by Crippen LogP contribution is -2.62. The number of esters is 4. The number of thioether (sulfide) groups is 1. The van der Waals surface area contributed by atoms with Crippen LogP contribution in [0.5, 0.6) is 0 Å². The summed E-state index contributed by atoms with van der Waals surface area (Å²) in [5, 5.41) is 20.5. The summed E-state index contributed by atoms with van der Waals surface area (Å²) in [6.45, 7) is 4.63. The van der Waals surface area contributed by atoms with E-state index in [-0.39, 0.29) is 31.7 Å². The average Bonchev–Trinajstić information content (AvgIpc) is 3.77. The van der Waals surface area contributed by atoms with Crippen LogP contribution in [0.4, 0.5) is 0 Å². The summed E-state index contributed by atoms with van der Waals surface area (Å²) in [6.07, 6.45) is -5.78. The molecule has 9 atom stereocenters. The lowest BCUT2D eigenvalue weighted by molar-refractivity contribution is -0.255. The zero-order valence-corrected chi connectivity index (χ0v) is 35.6. The summed E-state index contributed by atoms with van der Waals surface area (Å²) in [5.41, 5.74) is 4.46. The van der Waals surface area contributed by atoms with Gasteiger partial charge in [0.25, 0.3) is 0 Å². The first kappa shape index (κ1) is 45.3. The van der Waals surface area contributed by atoms with Gasteiger partial charge in [0.15, 0.2) is 29.8 Å². The van der Waals surface area contributed by atoms with Crippen LogP contribution in [-0.2, 0) is 65.5 Å². The highest BCUT2D eigenvalue weighted by atomic mass is 32.2. The maximum Gasteiger partial charge on any atom is 0.303 e. The fourth-order valence-electron chi connectivity index (χ4n) is 7.31.